The summed E-state index contributed by atoms with van der Waals surface area (Å²) in [6, 6.07) is 24.7. The molecule has 0 spiro atoms. The maximum Gasteiger partial charge on any atom is 0.416 e. The third kappa shape index (κ3) is 10.4. The number of benzene rings is 4. The van der Waals surface area contributed by atoms with Gasteiger partial charge in [-0.3, -0.25) is 14.1 Å². The average molecular weight is 741 g/mol. The molecular formula is C39H40ClF3N2O5S. The van der Waals surface area contributed by atoms with Gasteiger partial charge in [0.25, 0.3) is 16.0 Å². The molecule has 1 aliphatic rings. The minimum Gasteiger partial charge on any atom is -0.351 e. The summed E-state index contributed by atoms with van der Waals surface area (Å²) in [4.78, 5) is 26.4. The number of hydrogen-bond acceptors (Lipinski definition) is 4. The van der Waals surface area contributed by atoms with Crippen LogP contribution in [0.15, 0.2) is 91.0 Å². The largest absolute Gasteiger partial charge is 0.416 e. The summed E-state index contributed by atoms with van der Waals surface area (Å²) in [6.07, 6.45) is 0.336. The summed E-state index contributed by atoms with van der Waals surface area (Å²) in [5, 5.41) is 5.40. The molecule has 7 nitrogen and oxygen atoms in total. The highest BCUT2D eigenvalue weighted by atomic mass is 35.5. The molecule has 2 amide bonds. The average Bonchev–Trinajstić information content (AvgIpc) is 3.07. The van der Waals surface area contributed by atoms with Gasteiger partial charge in [0, 0.05) is 28.4 Å². The fourth-order valence-electron chi connectivity index (χ4n) is 6.41. The van der Waals surface area contributed by atoms with Crippen molar-refractivity contribution in [3.63, 3.8) is 0 Å². The quantitative estimate of drug-likeness (QED) is 0.133. The lowest BCUT2D eigenvalue weighted by Gasteiger charge is -2.34. The molecule has 0 aliphatic heterocycles. The molecule has 0 bridgehead atoms. The number of halogens is 4. The maximum atomic E-state index is 13.9. The van der Waals surface area contributed by atoms with Gasteiger partial charge in [-0.1, -0.05) is 80.0 Å². The maximum absolute atomic E-state index is 13.9. The molecule has 1 unspecified atom stereocenters. The monoisotopic (exact) mass is 740 g/mol. The second kappa shape index (κ2) is 15.6. The molecule has 0 radical (unpaired) electrons. The standard InChI is InChI=1S/C39H40ClF3N2O5S/c1-38(2)19-17-27(18-20-38)26-7-9-29(10-8-26)34(23-25-3-5-30(6-4-25)36(46)44-21-22-51(48,49)50)37(47)45-32-14-11-28(12-15-32)33-16-13-31(24-35(33)40)39(41,42)43/h3-16,24,27,34H,17-23H2,1-2H3,(H,44,46)(H,45,47)(H,48,49,50). The lowest BCUT2D eigenvalue weighted by molar-refractivity contribution is -0.137. The predicted octanol–water partition coefficient (Wildman–Crippen LogP) is 9.29. The summed E-state index contributed by atoms with van der Waals surface area (Å²) in [5.74, 6) is -1.51. The third-order valence-corrected chi connectivity index (χ3v) is 10.6. The molecule has 0 saturated heterocycles. The van der Waals surface area contributed by atoms with E-state index in [1.807, 2.05) is 12.1 Å². The molecule has 1 atom stereocenters. The van der Waals surface area contributed by atoms with Crippen LogP contribution in [0, 0.1) is 5.41 Å². The lowest BCUT2D eigenvalue weighted by Crippen LogP contribution is -2.28. The SMILES string of the molecule is CC1(C)CCC(c2ccc(C(Cc3ccc(C(=O)NCCS(=O)(=O)O)cc3)C(=O)Nc3ccc(-c4ccc(C(F)(F)F)cc4Cl)cc3)cc2)CC1. The molecule has 1 aliphatic carbocycles. The summed E-state index contributed by atoms with van der Waals surface area (Å²) >= 11 is 6.20. The number of anilines is 1. The van der Waals surface area contributed by atoms with E-state index in [9.17, 15) is 31.2 Å². The molecule has 4 aromatic rings. The van der Waals surface area contributed by atoms with Gasteiger partial charge in [0.2, 0.25) is 5.91 Å². The number of hydrogen-bond donors (Lipinski definition) is 3. The number of rotatable bonds is 11. The van der Waals surface area contributed by atoms with Gasteiger partial charge in [-0.05, 0) is 102 Å². The molecule has 3 N–H and O–H groups in total. The van der Waals surface area contributed by atoms with Gasteiger partial charge in [0.05, 0.1) is 17.2 Å². The Labute approximate surface area is 301 Å². The van der Waals surface area contributed by atoms with E-state index in [1.54, 1.807) is 48.5 Å². The molecule has 270 valence electrons. The molecule has 0 aromatic heterocycles. The van der Waals surface area contributed by atoms with Crippen molar-refractivity contribution in [3.8, 4) is 11.1 Å². The highest BCUT2D eigenvalue weighted by Gasteiger charge is 2.31. The highest BCUT2D eigenvalue weighted by molar-refractivity contribution is 7.85. The van der Waals surface area contributed by atoms with Crippen molar-refractivity contribution in [1.29, 1.82) is 0 Å². The Kier molecular flexibility index (Phi) is 11.6. The molecule has 51 heavy (non-hydrogen) atoms. The van der Waals surface area contributed by atoms with Crippen molar-refractivity contribution in [2.24, 2.45) is 5.41 Å². The second-order valence-corrected chi connectivity index (χ2v) is 15.8. The van der Waals surface area contributed by atoms with Crippen LogP contribution in [0.1, 0.15) is 84.0 Å². The molecule has 0 heterocycles. The molecule has 5 rings (SSSR count). The van der Waals surface area contributed by atoms with Gasteiger partial charge in [-0.25, -0.2) is 0 Å². The first-order valence-corrected chi connectivity index (χ1v) is 18.7. The molecular weight excluding hydrogens is 701 g/mol. The van der Waals surface area contributed by atoms with E-state index in [-0.39, 0.29) is 17.5 Å². The lowest BCUT2D eigenvalue weighted by atomic mass is 9.71. The van der Waals surface area contributed by atoms with E-state index in [2.05, 4.69) is 36.6 Å². The fourth-order valence-corrected chi connectivity index (χ4v) is 7.06. The molecule has 12 heteroatoms. The Morgan fingerprint density at radius 2 is 1.55 bits per heavy atom. The van der Waals surface area contributed by atoms with Crippen molar-refractivity contribution in [1.82, 2.24) is 5.32 Å². The van der Waals surface area contributed by atoms with Crippen molar-refractivity contribution in [3.05, 3.63) is 124 Å². The zero-order valence-electron chi connectivity index (χ0n) is 28.3. The first-order chi connectivity index (χ1) is 24.0. The fraction of sp³-hybridized carbons (Fsp3) is 0.333. The van der Waals surface area contributed by atoms with E-state index in [0.29, 0.717) is 40.1 Å². The molecule has 1 saturated carbocycles. The van der Waals surface area contributed by atoms with Crippen LogP contribution in [-0.4, -0.2) is 37.1 Å². The van der Waals surface area contributed by atoms with Crippen molar-refractivity contribution in [2.75, 3.05) is 17.6 Å². The van der Waals surface area contributed by atoms with Crippen molar-refractivity contribution < 1.29 is 35.7 Å². The Bertz CT molecular complexity index is 1950. The number of carbonyl (C=O) groups excluding carboxylic acids is 2. The summed E-state index contributed by atoms with van der Waals surface area (Å²) in [6.45, 7) is 4.36. The Morgan fingerprint density at radius 3 is 2.12 bits per heavy atom. The Hall–Kier alpha value is -4.19. The Balaban J connectivity index is 1.34. The van der Waals surface area contributed by atoms with E-state index in [4.69, 9.17) is 16.2 Å². The summed E-state index contributed by atoms with van der Waals surface area (Å²) in [5.41, 5.74) is 4.16. The van der Waals surface area contributed by atoms with Crippen LogP contribution in [0.4, 0.5) is 18.9 Å². The Morgan fingerprint density at radius 1 is 0.922 bits per heavy atom. The van der Waals surface area contributed by atoms with Crippen LogP contribution in [0.2, 0.25) is 5.02 Å². The first-order valence-electron chi connectivity index (χ1n) is 16.7. The van der Waals surface area contributed by atoms with Crippen LogP contribution < -0.4 is 10.6 Å². The van der Waals surface area contributed by atoms with Crippen LogP contribution in [-0.2, 0) is 27.5 Å². The normalized spacial score (nSPS) is 15.6. The van der Waals surface area contributed by atoms with Crippen LogP contribution in [0.3, 0.4) is 0 Å². The summed E-state index contributed by atoms with van der Waals surface area (Å²) in [7, 11) is -4.21. The van der Waals surface area contributed by atoms with Crippen molar-refractivity contribution in [2.45, 2.75) is 64.0 Å². The van der Waals surface area contributed by atoms with Crippen LogP contribution >= 0.6 is 11.6 Å². The van der Waals surface area contributed by atoms with E-state index in [1.165, 1.54) is 11.6 Å². The van der Waals surface area contributed by atoms with Crippen LogP contribution in [0.25, 0.3) is 11.1 Å². The van der Waals surface area contributed by atoms with Gasteiger partial charge in [-0.15, -0.1) is 0 Å². The topological polar surface area (TPSA) is 113 Å². The van der Waals surface area contributed by atoms with E-state index >= 15 is 0 Å². The molecule has 4 aromatic carbocycles. The van der Waals surface area contributed by atoms with Gasteiger partial charge in [-0.2, -0.15) is 21.6 Å². The zero-order valence-corrected chi connectivity index (χ0v) is 29.8. The summed E-state index contributed by atoms with van der Waals surface area (Å²) < 4.78 is 70.2. The first kappa shape index (κ1) is 38.1. The predicted molar refractivity (Wildman–Crippen MR) is 194 cm³/mol. The third-order valence-electron chi connectivity index (χ3n) is 9.53. The minimum atomic E-state index is -4.51. The number of nitrogens with one attached hydrogen (secondary N) is 2. The van der Waals surface area contributed by atoms with Crippen molar-refractivity contribution >= 4 is 39.2 Å². The smallest absolute Gasteiger partial charge is 0.351 e. The van der Waals surface area contributed by atoms with Gasteiger partial charge >= 0.3 is 6.18 Å². The minimum absolute atomic E-state index is 0.0383. The van der Waals surface area contributed by atoms with Gasteiger partial charge in [0.1, 0.15) is 0 Å². The molecule has 1 fully saturated rings. The zero-order chi connectivity index (χ0) is 37.0. The second-order valence-electron chi connectivity index (χ2n) is 13.9. The number of alkyl halides is 3. The van der Waals surface area contributed by atoms with E-state index in [0.717, 1.165) is 48.9 Å². The van der Waals surface area contributed by atoms with Gasteiger partial charge in [0.15, 0.2) is 0 Å². The number of carbonyl (C=O) groups is 2. The van der Waals surface area contributed by atoms with Crippen LogP contribution in [0.5, 0.6) is 0 Å². The van der Waals surface area contributed by atoms with E-state index < -0.39 is 39.4 Å². The van der Waals surface area contributed by atoms with Gasteiger partial charge < -0.3 is 10.6 Å². The highest BCUT2D eigenvalue weighted by Crippen LogP contribution is 2.43. The number of amides is 2.